The lowest BCUT2D eigenvalue weighted by Gasteiger charge is -2.36. The average Bonchev–Trinajstić information content (AvgIpc) is 2.83. The molecule has 2 aliphatic heterocycles. The molecule has 0 aromatic heterocycles. The van der Waals surface area contributed by atoms with Crippen molar-refractivity contribution in [3.8, 4) is 5.75 Å². The van der Waals surface area contributed by atoms with Gasteiger partial charge in [-0.15, -0.1) is 0 Å². The Morgan fingerprint density at radius 2 is 2.17 bits per heavy atom. The van der Waals surface area contributed by atoms with Crippen molar-refractivity contribution >= 4 is 15.9 Å². The Morgan fingerprint density at radius 3 is 3.06 bits per heavy atom. The highest BCUT2D eigenvalue weighted by atomic mass is 79.9. The topological polar surface area (TPSA) is 12.5 Å². The molecule has 2 heterocycles. The molecule has 1 aromatic carbocycles. The van der Waals surface area contributed by atoms with Gasteiger partial charge in [0, 0.05) is 29.4 Å². The standard InChI is InChI=1S/C15H20BrNO/c16-9-13-5-3-4-8-17(13)10-12-11-18-15-7-2-1-6-14(12)15/h1-2,6-7,12-13H,3-5,8-11H2. The molecule has 18 heavy (non-hydrogen) atoms. The number of ether oxygens (including phenoxy) is 1. The van der Waals surface area contributed by atoms with Gasteiger partial charge in [-0.25, -0.2) is 0 Å². The maximum absolute atomic E-state index is 5.78. The van der Waals surface area contributed by atoms with Crippen molar-refractivity contribution in [2.75, 3.05) is 25.0 Å². The quantitative estimate of drug-likeness (QED) is 0.793. The van der Waals surface area contributed by atoms with Gasteiger partial charge in [0.15, 0.2) is 0 Å². The summed E-state index contributed by atoms with van der Waals surface area (Å²) in [5.41, 5.74) is 1.40. The molecule has 0 aliphatic carbocycles. The summed E-state index contributed by atoms with van der Waals surface area (Å²) in [5.74, 6) is 1.65. The van der Waals surface area contributed by atoms with Crippen molar-refractivity contribution in [1.82, 2.24) is 4.90 Å². The van der Waals surface area contributed by atoms with Gasteiger partial charge in [-0.3, -0.25) is 4.90 Å². The van der Waals surface area contributed by atoms with E-state index in [0.29, 0.717) is 12.0 Å². The fraction of sp³-hybridized carbons (Fsp3) is 0.600. The van der Waals surface area contributed by atoms with Crippen molar-refractivity contribution in [1.29, 1.82) is 0 Å². The van der Waals surface area contributed by atoms with Crippen molar-refractivity contribution in [2.24, 2.45) is 0 Å². The van der Waals surface area contributed by atoms with Gasteiger partial charge in [0.1, 0.15) is 5.75 Å². The van der Waals surface area contributed by atoms with Crippen LogP contribution in [-0.2, 0) is 0 Å². The third-order valence-electron chi connectivity index (χ3n) is 4.18. The molecule has 2 nitrogen and oxygen atoms in total. The van der Waals surface area contributed by atoms with Gasteiger partial charge >= 0.3 is 0 Å². The number of nitrogens with zero attached hydrogens (tertiary/aromatic N) is 1. The van der Waals surface area contributed by atoms with Gasteiger partial charge in [0.25, 0.3) is 0 Å². The zero-order valence-electron chi connectivity index (χ0n) is 10.6. The van der Waals surface area contributed by atoms with Crippen LogP contribution < -0.4 is 4.74 Å². The Labute approximate surface area is 117 Å². The van der Waals surface area contributed by atoms with Crippen LogP contribution in [0.15, 0.2) is 24.3 Å². The summed E-state index contributed by atoms with van der Waals surface area (Å²) in [4.78, 5) is 2.65. The first-order valence-corrected chi connectivity index (χ1v) is 8.02. The van der Waals surface area contributed by atoms with Crippen molar-refractivity contribution in [3.05, 3.63) is 29.8 Å². The molecule has 0 N–H and O–H groups in total. The molecule has 2 atom stereocenters. The third-order valence-corrected chi connectivity index (χ3v) is 4.93. The van der Waals surface area contributed by atoms with E-state index < -0.39 is 0 Å². The summed E-state index contributed by atoms with van der Waals surface area (Å²) >= 11 is 3.66. The molecule has 3 heteroatoms. The van der Waals surface area contributed by atoms with E-state index in [-0.39, 0.29) is 0 Å². The number of halogens is 1. The second-order valence-corrected chi connectivity index (χ2v) is 5.99. The summed E-state index contributed by atoms with van der Waals surface area (Å²) < 4.78 is 5.78. The van der Waals surface area contributed by atoms with Gasteiger partial charge in [-0.05, 0) is 25.5 Å². The first kappa shape index (κ1) is 12.5. The second kappa shape index (κ2) is 5.62. The minimum atomic E-state index is 0.556. The fourth-order valence-electron chi connectivity index (χ4n) is 3.14. The van der Waals surface area contributed by atoms with E-state index in [9.17, 15) is 0 Å². The van der Waals surface area contributed by atoms with Crippen LogP contribution in [0.5, 0.6) is 5.75 Å². The lowest BCUT2D eigenvalue weighted by molar-refractivity contribution is 0.148. The van der Waals surface area contributed by atoms with E-state index in [2.05, 4.69) is 45.1 Å². The number of alkyl halides is 1. The molecule has 0 amide bonds. The number of hydrogen-bond acceptors (Lipinski definition) is 2. The SMILES string of the molecule is BrCC1CCCCN1CC1COc2ccccc21. The Bertz CT molecular complexity index is 409. The zero-order valence-corrected chi connectivity index (χ0v) is 12.2. The predicted octanol–water partition coefficient (Wildman–Crippen LogP) is 3.41. The van der Waals surface area contributed by atoms with Crippen LogP contribution in [0.1, 0.15) is 30.7 Å². The Morgan fingerprint density at radius 1 is 1.28 bits per heavy atom. The molecule has 0 spiro atoms. The number of para-hydroxylation sites is 1. The maximum Gasteiger partial charge on any atom is 0.122 e. The van der Waals surface area contributed by atoms with Gasteiger partial charge in [0.2, 0.25) is 0 Å². The second-order valence-electron chi connectivity index (χ2n) is 5.34. The van der Waals surface area contributed by atoms with E-state index in [4.69, 9.17) is 4.74 Å². The lowest BCUT2D eigenvalue weighted by Crippen LogP contribution is -2.43. The number of hydrogen-bond donors (Lipinski definition) is 0. The highest BCUT2D eigenvalue weighted by Crippen LogP contribution is 2.35. The highest BCUT2D eigenvalue weighted by molar-refractivity contribution is 9.09. The van der Waals surface area contributed by atoms with E-state index in [1.54, 1.807) is 0 Å². The van der Waals surface area contributed by atoms with E-state index in [1.165, 1.54) is 31.4 Å². The molecule has 0 bridgehead atoms. The van der Waals surface area contributed by atoms with Gasteiger partial charge in [-0.1, -0.05) is 40.5 Å². The van der Waals surface area contributed by atoms with Crippen LogP contribution in [0.25, 0.3) is 0 Å². The van der Waals surface area contributed by atoms with Crippen LogP contribution in [0.3, 0.4) is 0 Å². The molecule has 1 fully saturated rings. The maximum atomic E-state index is 5.78. The first-order chi connectivity index (χ1) is 8.88. The highest BCUT2D eigenvalue weighted by Gasteiger charge is 2.29. The summed E-state index contributed by atoms with van der Waals surface area (Å²) in [6, 6.07) is 9.21. The van der Waals surface area contributed by atoms with Gasteiger partial charge in [0.05, 0.1) is 6.61 Å². The number of likely N-dealkylation sites (tertiary alicyclic amines) is 1. The van der Waals surface area contributed by atoms with Crippen LogP contribution >= 0.6 is 15.9 Å². The average molecular weight is 310 g/mol. The monoisotopic (exact) mass is 309 g/mol. The predicted molar refractivity (Wildman–Crippen MR) is 77.7 cm³/mol. The Kier molecular flexibility index (Phi) is 3.90. The molecular formula is C15H20BrNO. The fourth-order valence-corrected chi connectivity index (χ4v) is 3.87. The number of benzene rings is 1. The largest absolute Gasteiger partial charge is 0.493 e. The lowest BCUT2D eigenvalue weighted by atomic mass is 9.97. The molecule has 1 aromatic rings. The van der Waals surface area contributed by atoms with Gasteiger partial charge < -0.3 is 4.74 Å². The number of piperidine rings is 1. The summed E-state index contributed by atoms with van der Waals surface area (Å²) in [6.07, 6.45) is 4.06. The summed E-state index contributed by atoms with van der Waals surface area (Å²) in [5, 5.41) is 1.10. The number of fused-ring (bicyclic) bond motifs is 1. The van der Waals surface area contributed by atoms with E-state index in [1.807, 2.05) is 0 Å². The smallest absolute Gasteiger partial charge is 0.122 e. The van der Waals surface area contributed by atoms with Crippen LogP contribution in [0, 0.1) is 0 Å². The van der Waals surface area contributed by atoms with Crippen LogP contribution in [0.2, 0.25) is 0 Å². The Balaban J connectivity index is 1.70. The minimum Gasteiger partial charge on any atom is -0.493 e. The number of rotatable bonds is 3. The van der Waals surface area contributed by atoms with Crippen molar-refractivity contribution < 1.29 is 4.74 Å². The molecule has 1 saturated heterocycles. The van der Waals surface area contributed by atoms with Crippen molar-refractivity contribution in [3.63, 3.8) is 0 Å². The third kappa shape index (κ3) is 2.43. The molecule has 3 rings (SSSR count). The molecule has 98 valence electrons. The summed E-state index contributed by atoms with van der Waals surface area (Å²) in [7, 11) is 0. The molecule has 2 aliphatic rings. The molecule has 0 saturated carbocycles. The van der Waals surface area contributed by atoms with Crippen molar-refractivity contribution in [2.45, 2.75) is 31.2 Å². The van der Waals surface area contributed by atoms with E-state index in [0.717, 1.165) is 24.2 Å². The van der Waals surface area contributed by atoms with Crippen LogP contribution in [0.4, 0.5) is 0 Å². The first-order valence-electron chi connectivity index (χ1n) is 6.90. The molecule has 0 radical (unpaired) electrons. The Hall–Kier alpha value is -0.540. The summed E-state index contributed by atoms with van der Waals surface area (Å²) in [6.45, 7) is 3.24. The van der Waals surface area contributed by atoms with Crippen LogP contribution in [-0.4, -0.2) is 36.0 Å². The van der Waals surface area contributed by atoms with Gasteiger partial charge in [-0.2, -0.15) is 0 Å². The minimum absolute atomic E-state index is 0.556. The van der Waals surface area contributed by atoms with E-state index >= 15 is 0 Å². The molecule has 2 unspecified atom stereocenters. The normalized spacial score (nSPS) is 27.8. The molecular weight excluding hydrogens is 290 g/mol. The zero-order chi connectivity index (χ0) is 12.4.